The number of hydrogen-bond donors (Lipinski definition) is 0. The molecule has 6 heteroatoms. The van der Waals surface area contributed by atoms with Crippen molar-refractivity contribution in [2.45, 2.75) is 39.0 Å². The predicted octanol–water partition coefficient (Wildman–Crippen LogP) is 7.70. The molecule has 2 aromatic heterocycles. The maximum Gasteiger partial charge on any atom is 0.153 e. The topological polar surface area (TPSA) is 12.4 Å². The number of rotatable bonds is 5. The summed E-state index contributed by atoms with van der Waals surface area (Å²) in [5, 5.41) is 1.97. The van der Waals surface area contributed by atoms with Gasteiger partial charge in [-0.1, -0.05) is 49.9 Å². The van der Waals surface area contributed by atoms with Crippen molar-refractivity contribution < 1.29 is 8.78 Å². The van der Waals surface area contributed by atoms with Crippen LogP contribution in [0.3, 0.4) is 0 Å². The third kappa shape index (κ3) is 5.82. The summed E-state index contributed by atoms with van der Waals surface area (Å²) in [6, 6.07) is 6.35. The van der Waals surface area contributed by atoms with Gasteiger partial charge >= 0.3 is 0 Å². The first-order valence-electron chi connectivity index (χ1n) is 9.22. The summed E-state index contributed by atoms with van der Waals surface area (Å²) in [5.74, 6) is 10.6. The second-order valence-electron chi connectivity index (χ2n) is 6.30. The average molecular weight is 442 g/mol. The second-order valence-corrected chi connectivity index (χ2v) is 8.65. The molecule has 0 amide bonds. The molecule has 146 valence electrons. The number of fused-ring (bicyclic) bond motifs is 1. The molecule has 0 unspecified atom stereocenters. The van der Waals surface area contributed by atoms with Crippen molar-refractivity contribution in [3.8, 4) is 23.7 Å². The molecule has 0 spiro atoms. The molecule has 3 aromatic rings. The lowest BCUT2D eigenvalue weighted by Gasteiger charge is -1.98. The zero-order valence-electron chi connectivity index (χ0n) is 15.8. The van der Waals surface area contributed by atoms with Gasteiger partial charge in [0.25, 0.3) is 0 Å². The molecule has 0 bridgehead atoms. The van der Waals surface area contributed by atoms with Crippen molar-refractivity contribution in [1.29, 1.82) is 0 Å². The number of isothiocyanates is 1. The Balaban J connectivity index is 1.71. The molecule has 0 saturated heterocycles. The smallest absolute Gasteiger partial charge is 0.153 e. The van der Waals surface area contributed by atoms with E-state index in [1.165, 1.54) is 19.3 Å². The minimum absolute atomic E-state index is 0.245. The number of halogens is 2. The number of benzene rings is 1. The van der Waals surface area contributed by atoms with Crippen LogP contribution in [0.5, 0.6) is 0 Å². The molecule has 2 heterocycles. The summed E-state index contributed by atoms with van der Waals surface area (Å²) in [5.41, 5.74) is -0.198. The Morgan fingerprint density at radius 2 is 1.55 bits per heavy atom. The van der Waals surface area contributed by atoms with Gasteiger partial charge in [0.1, 0.15) is 5.69 Å². The quantitative estimate of drug-likeness (QED) is 0.171. The van der Waals surface area contributed by atoms with E-state index >= 15 is 0 Å². The van der Waals surface area contributed by atoms with Crippen LogP contribution >= 0.6 is 34.9 Å². The lowest BCUT2D eigenvalue weighted by atomic mass is 10.2. The molecule has 0 radical (unpaired) electrons. The van der Waals surface area contributed by atoms with Crippen LogP contribution in [0.2, 0.25) is 0 Å². The Morgan fingerprint density at radius 1 is 0.897 bits per heavy atom. The molecule has 0 aliphatic carbocycles. The SMILES string of the molecule is CCCCCCC#Cc1cc2sc(C#Cc3cc(F)c(N=C=S)c(F)c3)cc2s1. The average Bonchev–Trinajstić information content (AvgIpc) is 3.24. The fourth-order valence-corrected chi connectivity index (χ4v) is 4.89. The predicted molar refractivity (Wildman–Crippen MR) is 122 cm³/mol. The monoisotopic (exact) mass is 441 g/mol. The number of hydrogen-bond acceptors (Lipinski definition) is 4. The second kappa shape index (κ2) is 10.4. The van der Waals surface area contributed by atoms with E-state index < -0.39 is 17.3 Å². The van der Waals surface area contributed by atoms with Gasteiger partial charge in [-0.2, -0.15) is 4.99 Å². The number of thiocarbonyl (C=S) groups is 1. The molecule has 0 saturated carbocycles. The maximum absolute atomic E-state index is 13.9. The van der Waals surface area contributed by atoms with E-state index in [-0.39, 0.29) is 5.56 Å². The first-order valence-corrected chi connectivity index (χ1v) is 11.3. The van der Waals surface area contributed by atoms with Crippen molar-refractivity contribution in [2.24, 2.45) is 4.99 Å². The van der Waals surface area contributed by atoms with E-state index in [9.17, 15) is 8.78 Å². The number of unbranched alkanes of at least 4 members (excludes halogenated alkanes) is 4. The van der Waals surface area contributed by atoms with E-state index in [0.29, 0.717) is 0 Å². The van der Waals surface area contributed by atoms with E-state index in [0.717, 1.165) is 44.1 Å². The molecule has 0 fully saturated rings. The molecular weight excluding hydrogens is 424 g/mol. The molecule has 0 N–H and O–H groups in total. The van der Waals surface area contributed by atoms with E-state index in [1.54, 1.807) is 22.7 Å². The fourth-order valence-electron chi connectivity index (χ4n) is 2.67. The van der Waals surface area contributed by atoms with Crippen molar-refractivity contribution >= 4 is 55.1 Å². The summed E-state index contributed by atoms with van der Waals surface area (Å²) in [6.45, 7) is 2.20. The molecule has 3 rings (SSSR count). The van der Waals surface area contributed by atoms with Crippen LogP contribution in [0.15, 0.2) is 29.3 Å². The largest absolute Gasteiger partial charge is 0.204 e. The molecular formula is C23H17F2NS3. The Labute approximate surface area is 182 Å². The van der Waals surface area contributed by atoms with Crippen molar-refractivity contribution in [2.75, 3.05) is 0 Å². The van der Waals surface area contributed by atoms with Gasteiger partial charge in [0.05, 0.1) is 14.9 Å². The van der Waals surface area contributed by atoms with Crippen LogP contribution < -0.4 is 0 Å². The van der Waals surface area contributed by atoms with Gasteiger partial charge in [0, 0.05) is 21.4 Å². The third-order valence-electron chi connectivity index (χ3n) is 4.08. The zero-order valence-corrected chi connectivity index (χ0v) is 18.2. The van der Waals surface area contributed by atoms with Crippen molar-refractivity contribution in [3.63, 3.8) is 0 Å². The third-order valence-corrected chi connectivity index (χ3v) is 6.29. The van der Waals surface area contributed by atoms with E-state index in [1.807, 2.05) is 11.2 Å². The minimum atomic E-state index is -0.809. The standard InChI is InChI=1S/C23H17F2NS3/c1-2-3-4-5-6-7-8-17-13-21-22(28-17)14-18(29-21)10-9-16-11-19(24)23(26-15-27)20(25)12-16/h11-14H,2-6H2,1H3. The summed E-state index contributed by atoms with van der Waals surface area (Å²) >= 11 is 7.58. The van der Waals surface area contributed by atoms with Gasteiger partial charge in [0.2, 0.25) is 0 Å². The van der Waals surface area contributed by atoms with Gasteiger partial charge in [-0.25, -0.2) is 8.78 Å². The lowest BCUT2D eigenvalue weighted by Crippen LogP contribution is -1.86. The Kier molecular flexibility index (Phi) is 7.69. The highest BCUT2D eigenvalue weighted by Gasteiger charge is 2.09. The summed E-state index contributed by atoms with van der Waals surface area (Å²) in [7, 11) is 0. The normalized spacial score (nSPS) is 10.0. The fraction of sp³-hybridized carbons (Fsp3) is 0.261. The highest BCUT2D eigenvalue weighted by molar-refractivity contribution is 7.78. The number of nitrogens with zero attached hydrogens (tertiary/aromatic N) is 1. The van der Waals surface area contributed by atoms with Gasteiger partial charge in [-0.15, -0.1) is 22.7 Å². The first-order chi connectivity index (χ1) is 14.1. The molecule has 1 nitrogen and oxygen atoms in total. The van der Waals surface area contributed by atoms with Gasteiger partial charge < -0.3 is 0 Å². The van der Waals surface area contributed by atoms with Gasteiger partial charge in [-0.05, 0) is 42.9 Å². The van der Waals surface area contributed by atoms with E-state index in [4.69, 9.17) is 0 Å². The van der Waals surface area contributed by atoms with Crippen LogP contribution in [0.1, 0.15) is 54.3 Å². The molecule has 0 aliphatic rings. The molecule has 0 atom stereocenters. The maximum atomic E-state index is 13.9. The summed E-state index contributed by atoms with van der Waals surface area (Å²) in [4.78, 5) is 5.29. The minimum Gasteiger partial charge on any atom is -0.204 e. The van der Waals surface area contributed by atoms with Crippen LogP contribution in [0.25, 0.3) is 9.40 Å². The molecule has 1 aromatic carbocycles. The zero-order chi connectivity index (χ0) is 20.6. The number of thiophene rings is 2. The first kappa shape index (κ1) is 21.4. The Bertz CT molecular complexity index is 1140. The number of aliphatic imine (C=N–C) groups is 1. The van der Waals surface area contributed by atoms with Gasteiger partial charge in [-0.3, -0.25) is 0 Å². The molecule has 29 heavy (non-hydrogen) atoms. The highest BCUT2D eigenvalue weighted by atomic mass is 32.1. The van der Waals surface area contributed by atoms with Crippen LogP contribution in [0.4, 0.5) is 14.5 Å². The highest BCUT2D eigenvalue weighted by Crippen LogP contribution is 2.32. The van der Waals surface area contributed by atoms with E-state index in [2.05, 4.69) is 53.9 Å². The Morgan fingerprint density at radius 3 is 2.17 bits per heavy atom. The summed E-state index contributed by atoms with van der Waals surface area (Å²) < 4.78 is 30.0. The summed E-state index contributed by atoms with van der Waals surface area (Å²) in [6.07, 6.45) is 5.83. The molecule has 0 aliphatic heterocycles. The van der Waals surface area contributed by atoms with Crippen LogP contribution in [0, 0.1) is 35.3 Å². The lowest BCUT2D eigenvalue weighted by molar-refractivity contribution is 0.587. The van der Waals surface area contributed by atoms with Crippen LogP contribution in [-0.2, 0) is 0 Å². The van der Waals surface area contributed by atoms with Crippen molar-refractivity contribution in [3.05, 3.63) is 51.2 Å². The van der Waals surface area contributed by atoms with Gasteiger partial charge in [0.15, 0.2) is 11.6 Å². The Hall–Kier alpha value is -2.34. The van der Waals surface area contributed by atoms with Crippen molar-refractivity contribution in [1.82, 2.24) is 0 Å². The van der Waals surface area contributed by atoms with Crippen LogP contribution in [-0.4, -0.2) is 5.16 Å².